The molecule has 1 aromatic heterocycles. The van der Waals surface area contributed by atoms with Gasteiger partial charge in [-0.15, -0.1) is 0 Å². The lowest BCUT2D eigenvalue weighted by Crippen LogP contribution is -2.27. The summed E-state index contributed by atoms with van der Waals surface area (Å²) in [5, 5.41) is 0. The molecule has 0 unspecified atom stereocenters. The fourth-order valence-electron chi connectivity index (χ4n) is 2.23. The number of nitrogens with zero attached hydrogens (tertiary/aromatic N) is 3. The van der Waals surface area contributed by atoms with Crippen molar-refractivity contribution in [1.29, 1.82) is 0 Å². The van der Waals surface area contributed by atoms with Crippen molar-refractivity contribution in [2.24, 2.45) is 0 Å². The topological polar surface area (TPSA) is 63.2 Å². The molecule has 0 N–H and O–H groups in total. The summed E-state index contributed by atoms with van der Waals surface area (Å²) in [5.74, 6) is -0.602. The summed E-state index contributed by atoms with van der Waals surface area (Å²) in [7, 11) is -2.24. The third kappa shape index (κ3) is 3.69. The molecule has 2 aromatic rings. The monoisotopic (exact) mass is 355 g/mol. The summed E-state index contributed by atoms with van der Waals surface area (Å²) in [4.78, 5) is 8.46. The van der Waals surface area contributed by atoms with E-state index in [0.717, 1.165) is 10.6 Å². The number of alkyl halides is 1. The first-order valence-corrected chi connectivity index (χ1v) is 9.16. The molecule has 1 aromatic carbocycles. The van der Waals surface area contributed by atoms with E-state index < -0.39 is 22.5 Å². The van der Waals surface area contributed by atoms with E-state index in [0.29, 0.717) is 11.3 Å². The van der Waals surface area contributed by atoms with Gasteiger partial charge in [-0.2, -0.15) is 0 Å². The minimum Gasteiger partial charge on any atom is -0.246 e. The summed E-state index contributed by atoms with van der Waals surface area (Å²) in [6, 6.07) is 5.44. The molecular formula is C16H19F2N3O2S. The predicted molar refractivity (Wildman–Crippen MR) is 89.6 cm³/mol. The van der Waals surface area contributed by atoms with Gasteiger partial charge < -0.3 is 0 Å². The van der Waals surface area contributed by atoms with Crippen LogP contribution in [-0.2, 0) is 16.7 Å². The normalized spacial score (nSPS) is 11.8. The number of hydrogen-bond acceptors (Lipinski definition) is 4. The minimum absolute atomic E-state index is 0.0438. The highest BCUT2D eigenvalue weighted by Crippen LogP contribution is 2.31. The molecule has 8 heteroatoms. The first-order chi connectivity index (χ1) is 11.1. The van der Waals surface area contributed by atoms with E-state index in [1.807, 2.05) is 13.8 Å². The van der Waals surface area contributed by atoms with Crippen molar-refractivity contribution >= 4 is 16.0 Å². The van der Waals surface area contributed by atoms with Crippen molar-refractivity contribution in [1.82, 2.24) is 9.97 Å². The molecule has 0 fully saturated rings. The van der Waals surface area contributed by atoms with Gasteiger partial charge in [0.1, 0.15) is 12.5 Å². The fraction of sp³-hybridized carbons (Fsp3) is 0.375. The Labute approximate surface area is 140 Å². The highest BCUT2D eigenvalue weighted by atomic mass is 32.2. The maximum atomic E-state index is 13.7. The number of sulfonamides is 1. The number of hydrogen-bond donors (Lipinski definition) is 0. The molecule has 0 aliphatic heterocycles. The fourth-order valence-corrected chi connectivity index (χ4v) is 2.61. The molecule has 5 nitrogen and oxygen atoms in total. The Morgan fingerprint density at radius 1 is 1.17 bits per heavy atom. The van der Waals surface area contributed by atoms with Crippen LogP contribution in [0.15, 0.2) is 24.3 Å². The lowest BCUT2D eigenvalue weighted by atomic mass is 9.99. The zero-order valence-electron chi connectivity index (χ0n) is 13.9. The van der Waals surface area contributed by atoms with Crippen LogP contribution < -0.4 is 4.31 Å². The second-order valence-electron chi connectivity index (χ2n) is 5.76. The van der Waals surface area contributed by atoms with Gasteiger partial charge in [0.05, 0.1) is 17.6 Å². The minimum atomic E-state index is -3.57. The van der Waals surface area contributed by atoms with Gasteiger partial charge in [0.2, 0.25) is 16.0 Å². The van der Waals surface area contributed by atoms with Crippen molar-refractivity contribution in [2.45, 2.75) is 26.4 Å². The van der Waals surface area contributed by atoms with E-state index in [1.165, 1.54) is 31.3 Å². The van der Waals surface area contributed by atoms with Gasteiger partial charge in [0.15, 0.2) is 0 Å². The Kier molecular flexibility index (Phi) is 5.17. The summed E-state index contributed by atoms with van der Waals surface area (Å²) < 4.78 is 51.3. The molecule has 0 bridgehead atoms. The van der Waals surface area contributed by atoms with E-state index >= 15 is 0 Å². The number of halogens is 2. The van der Waals surface area contributed by atoms with Crippen LogP contribution in [0.5, 0.6) is 0 Å². The summed E-state index contributed by atoms with van der Waals surface area (Å²) in [6.07, 6.45) is 1.03. The molecule has 0 spiro atoms. The van der Waals surface area contributed by atoms with Crippen LogP contribution in [0.25, 0.3) is 11.3 Å². The third-order valence-electron chi connectivity index (χ3n) is 3.60. The van der Waals surface area contributed by atoms with Gasteiger partial charge in [0, 0.05) is 18.2 Å². The van der Waals surface area contributed by atoms with Crippen LogP contribution in [-0.4, -0.2) is 31.7 Å². The lowest BCUT2D eigenvalue weighted by Gasteiger charge is -2.20. The molecule has 0 amide bonds. The molecule has 130 valence electrons. The second kappa shape index (κ2) is 6.80. The predicted octanol–water partition coefficient (Wildman–Crippen LogP) is 3.27. The van der Waals surface area contributed by atoms with E-state index in [9.17, 15) is 17.2 Å². The molecule has 0 radical (unpaired) electrons. The summed E-state index contributed by atoms with van der Waals surface area (Å²) >= 11 is 0. The standard InChI is InChI=1S/C16H19F2N3O2S/c1-10(2)14-13(9-17)15(11-5-7-12(18)8-6-11)20-16(19-14)21(3)24(4,22)23/h5-8,10H,9H2,1-4H3. The molecular weight excluding hydrogens is 336 g/mol. The van der Waals surface area contributed by atoms with Gasteiger partial charge in [-0.1, -0.05) is 13.8 Å². The first-order valence-electron chi connectivity index (χ1n) is 7.31. The number of benzene rings is 1. The Morgan fingerprint density at radius 3 is 2.21 bits per heavy atom. The molecule has 0 saturated carbocycles. The van der Waals surface area contributed by atoms with Crippen molar-refractivity contribution in [3.8, 4) is 11.3 Å². The molecule has 0 aliphatic rings. The Hall–Kier alpha value is -2.09. The average molecular weight is 355 g/mol. The maximum Gasteiger partial charge on any atom is 0.239 e. The van der Waals surface area contributed by atoms with Crippen LogP contribution in [0.3, 0.4) is 0 Å². The van der Waals surface area contributed by atoms with Crippen molar-refractivity contribution in [3.05, 3.63) is 41.3 Å². The van der Waals surface area contributed by atoms with Crippen LogP contribution in [0, 0.1) is 5.82 Å². The molecule has 0 aliphatic carbocycles. The van der Waals surface area contributed by atoms with Crippen LogP contribution in [0.1, 0.15) is 31.0 Å². The average Bonchev–Trinajstić information content (AvgIpc) is 2.52. The van der Waals surface area contributed by atoms with Gasteiger partial charge >= 0.3 is 0 Å². The van der Waals surface area contributed by atoms with Gasteiger partial charge in [-0.25, -0.2) is 31.5 Å². The highest BCUT2D eigenvalue weighted by molar-refractivity contribution is 7.92. The molecule has 0 saturated heterocycles. The van der Waals surface area contributed by atoms with E-state index in [2.05, 4.69) is 9.97 Å². The van der Waals surface area contributed by atoms with Crippen molar-refractivity contribution in [3.63, 3.8) is 0 Å². The number of anilines is 1. The van der Waals surface area contributed by atoms with Crippen LogP contribution in [0.4, 0.5) is 14.7 Å². The maximum absolute atomic E-state index is 13.7. The molecule has 24 heavy (non-hydrogen) atoms. The quantitative estimate of drug-likeness (QED) is 0.826. The van der Waals surface area contributed by atoms with E-state index in [1.54, 1.807) is 0 Å². The van der Waals surface area contributed by atoms with Gasteiger partial charge in [-0.3, -0.25) is 0 Å². The van der Waals surface area contributed by atoms with Gasteiger partial charge in [-0.05, 0) is 30.2 Å². The lowest BCUT2D eigenvalue weighted by molar-refractivity contribution is 0.478. The number of aromatic nitrogens is 2. The van der Waals surface area contributed by atoms with Crippen molar-refractivity contribution < 1.29 is 17.2 Å². The largest absolute Gasteiger partial charge is 0.246 e. The molecule has 0 atom stereocenters. The Balaban J connectivity index is 2.76. The molecule has 1 heterocycles. The first kappa shape index (κ1) is 18.3. The van der Waals surface area contributed by atoms with Crippen LogP contribution in [0.2, 0.25) is 0 Å². The zero-order chi connectivity index (χ0) is 18.1. The second-order valence-corrected chi connectivity index (χ2v) is 7.78. The Bertz CT molecular complexity index is 837. The SMILES string of the molecule is CC(C)c1nc(N(C)S(C)(=O)=O)nc(-c2ccc(F)cc2)c1CF. The number of rotatable bonds is 5. The van der Waals surface area contributed by atoms with Gasteiger partial charge in [0.25, 0.3) is 0 Å². The van der Waals surface area contributed by atoms with Crippen molar-refractivity contribution in [2.75, 3.05) is 17.6 Å². The van der Waals surface area contributed by atoms with E-state index in [4.69, 9.17) is 0 Å². The van der Waals surface area contributed by atoms with Crippen LogP contribution >= 0.6 is 0 Å². The summed E-state index contributed by atoms with van der Waals surface area (Å²) in [6.45, 7) is 2.86. The summed E-state index contributed by atoms with van der Waals surface area (Å²) in [5.41, 5.74) is 1.47. The third-order valence-corrected chi connectivity index (χ3v) is 4.76. The molecule has 2 rings (SSSR count). The zero-order valence-corrected chi connectivity index (χ0v) is 14.7. The smallest absolute Gasteiger partial charge is 0.239 e. The van der Waals surface area contributed by atoms with E-state index in [-0.39, 0.29) is 23.1 Å². The Morgan fingerprint density at radius 2 is 1.75 bits per heavy atom. The highest BCUT2D eigenvalue weighted by Gasteiger charge is 2.22.